The molecule has 0 spiro atoms. The number of hydrogen-bond acceptors (Lipinski definition) is 5. The van der Waals surface area contributed by atoms with Crippen molar-refractivity contribution in [1.82, 2.24) is 20.1 Å². The first kappa shape index (κ1) is 18.7. The molecule has 0 radical (unpaired) electrons. The molecule has 8 heteroatoms. The fourth-order valence-corrected chi connectivity index (χ4v) is 3.17. The lowest BCUT2D eigenvalue weighted by Crippen LogP contribution is -2.24. The lowest BCUT2D eigenvalue weighted by atomic mass is 10.1. The van der Waals surface area contributed by atoms with E-state index in [1.54, 1.807) is 12.1 Å². The van der Waals surface area contributed by atoms with E-state index in [0.717, 1.165) is 17.0 Å². The van der Waals surface area contributed by atoms with E-state index in [0.29, 0.717) is 11.7 Å². The second-order valence-corrected chi connectivity index (χ2v) is 6.74. The van der Waals surface area contributed by atoms with Crippen molar-refractivity contribution in [3.05, 3.63) is 65.7 Å². The van der Waals surface area contributed by atoms with Crippen LogP contribution in [0.5, 0.6) is 0 Å². The third-order valence-electron chi connectivity index (χ3n) is 3.89. The van der Waals surface area contributed by atoms with E-state index in [9.17, 15) is 9.59 Å². The zero-order chi connectivity index (χ0) is 19.2. The van der Waals surface area contributed by atoms with Crippen molar-refractivity contribution in [2.75, 3.05) is 5.75 Å². The monoisotopic (exact) mass is 382 g/mol. The van der Waals surface area contributed by atoms with E-state index in [4.69, 9.17) is 5.11 Å². The first-order valence-corrected chi connectivity index (χ1v) is 9.19. The Labute approximate surface area is 160 Å². The Kier molecular flexibility index (Phi) is 5.87. The maximum atomic E-state index is 12.1. The molecule has 3 aromatic rings. The van der Waals surface area contributed by atoms with Crippen LogP contribution in [0.3, 0.4) is 0 Å². The minimum absolute atomic E-state index is 0.133. The Morgan fingerprint density at radius 1 is 1.07 bits per heavy atom. The minimum Gasteiger partial charge on any atom is -0.478 e. The average molecular weight is 382 g/mol. The van der Waals surface area contributed by atoms with Crippen LogP contribution in [0.25, 0.3) is 11.4 Å². The number of hydrogen-bond donors (Lipinski definition) is 2. The summed E-state index contributed by atoms with van der Waals surface area (Å²) in [7, 11) is 1.87. The van der Waals surface area contributed by atoms with Gasteiger partial charge in [-0.2, -0.15) is 0 Å². The molecule has 0 saturated heterocycles. The first-order chi connectivity index (χ1) is 13.0. The average Bonchev–Trinajstić information content (AvgIpc) is 3.06. The fraction of sp³-hybridized carbons (Fsp3) is 0.158. The molecule has 0 bridgehead atoms. The fourth-order valence-electron chi connectivity index (χ4n) is 2.43. The first-order valence-electron chi connectivity index (χ1n) is 8.21. The third kappa shape index (κ3) is 4.73. The zero-order valence-corrected chi connectivity index (χ0v) is 15.4. The summed E-state index contributed by atoms with van der Waals surface area (Å²) >= 11 is 1.31. The Bertz CT molecular complexity index is 939. The number of carboxylic acid groups (broad SMARTS) is 1. The van der Waals surface area contributed by atoms with Gasteiger partial charge in [-0.1, -0.05) is 54.2 Å². The normalized spacial score (nSPS) is 10.6. The Morgan fingerprint density at radius 3 is 2.44 bits per heavy atom. The van der Waals surface area contributed by atoms with Crippen LogP contribution in [0.4, 0.5) is 0 Å². The summed E-state index contributed by atoms with van der Waals surface area (Å²) in [5.41, 5.74) is 2.02. The highest BCUT2D eigenvalue weighted by Gasteiger charge is 2.12. The van der Waals surface area contributed by atoms with Gasteiger partial charge in [0.25, 0.3) is 0 Å². The summed E-state index contributed by atoms with van der Waals surface area (Å²) in [5.74, 6) is -0.141. The zero-order valence-electron chi connectivity index (χ0n) is 14.6. The molecule has 2 N–H and O–H groups in total. The molecule has 2 aromatic carbocycles. The lowest BCUT2D eigenvalue weighted by Gasteiger charge is -2.06. The highest BCUT2D eigenvalue weighted by Crippen LogP contribution is 2.22. The summed E-state index contributed by atoms with van der Waals surface area (Å²) in [6.45, 7) is 0.341. The van der Waals surface area contributed by atoms with Crippen molar-refractivity contribution in [1.29, 1.82) is 0 Å². The number of carbonyl (C=O) groups excluding carboxylic acids is 1. The molecule has 7 nitrogen and oxygen atoms in total. The van der Waals surface area contributed by atoms with Gasteiger partial charge in [0.05, 0.1) is 11.3 Å². The van der Waals surface area contributed by atoms with Gasteiger partial charge in [0.15, 0.2) is 11.0 Å². The molecular formula is C19H18N4O3S. The number of aromatic carboxylic acids is 1. The van der Waals surface area contributed by atoms with Crippen LogP contribution in [0.15, 0.2) is 59.8 Å². The molecule has 1 amide bonds. The molecule has 0 aliphatic carbocycles. The summed E-state index contributed by atoms with van der Waals surface area (Å²) in [5, 5.41) is 20.7. The quantitative estimate of drug-likeness (QED) is 0.610. The van der Waals surface area contributed by atoms with E-state index >= 15 is 0 Å². The topological polar surface area (TPSA) is 97.1 Å². The number of nitrogens with one attached hydrogen (secondary N) is 1. The van der Waals surface area contributed by atoms with Crippen molar-refractivity contribution in [2.45, 2.75) is 11.7 Å². The molecule has 0 aliphatic heterocycles. The highest BCUT2D eigenvalue weighted by atomic mass is 32.2. The van der Waals surface area contributed by atoms with E-state index in [1.165, 1.54) is 23.9 Å². The predicted molar refractivity (Wildman–Crippen MR) is 102 cm³/mol. The molecule has 0 saturated carbocycles. The summed E-state index contributed by atoms with van der Waals surface area (Å²) in [6, 6.07) is 16.1. The van der Waals surface area contributed by atoms with Crippen molar-refractivity contribution in [3.63, 3.8) is 0 Å². The Morgan fingerprint density at radius 2 is 1.78 bits per heavy atom. The van der Waals surface area contributed by atoms with Crippen LogP contribution in [-0.2, 0) is 18.4 Å². The van der Waals surface area contributed by atoms with Crippen molar-refractivity contribution < 1.29 is 14.7 Å². The highest BCUT2D eigenvalue weighted by molar-refractivity contribution is 7.99. The molecular weight excluding hydrogens is 364 g/mol. The molecule has 138 valence electrons. The number of benzene rings is 2. The van der Waals surface area contributed by atoms with Gasteiger partial charge >= 0.3 is 5.97 Å². The minimum atomic E-state index is -0.972. The summed E-state index contributed by atoms with van der Waals surface area (Å²) in [4.78, 5) is 22.9. The van der Waals surface area contributed by atoms with E-state index in [-0.39, 0.29) is 17.2 Å². The number of nitrogens with zero attached hydrogens (tertiary/aromatic N) is 3. The van der Waals surface area contributed by atoms with Gasteiger partial charge < -0.3 is 15.0 Å². The molecule has 0 aliphatic rings. The van der Waals surface area contributed by atoms with Gasteiger partial charge in [-0.25, -0.2) is 4.79 Å². The molecule has 0 unspecified atom stereocenters. The molecule has 0 fully saturated rings. The Balaban J connectivity index is 1.52. The number of amides is 1. The second-order valence-electron chi connectivity index (χ2n) is 5.80. The van der Waals surface area contributed by atoms with Gasteiger partial charge in [-0.3, -0.25) is 4.79 Å². The maximum Gasteiger partial charge on any atom is 0.335 e. The van der Waals surface area contributed by atoms with Crippen LogP contribution >= 0.6 is 11.8 Å². The molecule has 1 heterocycles. The maximum absolute atomic E-state index is 12.1. The van der Waals surface area contributed by atoms with E-state index < -0.39 is 5.97 Å². The van der Waals surface area contributed by atoms with Crippen LogP contribution in [-0.4, -0.2) is 37.5 Å². The number of aromatic nitrogens is 3. The third-order valence-corrected chi connectivity index (χ3v) is 4.91. The molecule has 0 atom stereocenters. The predicted octanol–water partition coefficient (Wildman–Crippen LogP) is 2.59. The van der Waals surface area contributed by atoms with E-state index in [1.807, 2.05) is 41.9 Å². The van der Waals surface area contributed by atoms with Crippen LogP contribution in [0.2, 0.25) is 0 Å². The second kappa shape index (κ2) is 8.50. The molecule has 1 aromatic heterocycles. The van der Waals surface area contributed by atoms with Gasteiger partial charge in [0, 0.05) is 19.2 Å². The van der Waals surface area contributed by atoms with Gasteiger partial charge in [0.1, 0.15) is 0 Å². The van der Waals surface area contributed by atoms with Crippen LogP contribution in [0, 0.1) is 0 Å². The van der Waals surface area contributed by atoms with Gasteiger partial charge in [-0.05, 0) is 17.7 Å². The van der Waals surface area contributed by atoms with Crippen LogP contribution in [0.1, 0.15) is 15.9 Å². The molecule has 27 heavy (non-hydrogen) atoms. The smallest absolute Gasteiger partial charge is 0.335 e. The number of carbonyl (C=O) groups is 2. The lowest BCUT2D eigenvalue weighted by molar-refractivity contribution is -0.118. The standard InChI is InChI=1S/C19H18N4O3S/c1-23-17(14-5-3-2-4-6-14)21-22-19(23)27-12-16(24)20-11-13-7-9-15(10-8-13)18(25)26/h2-10H,11-12H2,1H3,(H,20,24)(H,25,26). The van der Waals surface area contributed by atoms with E-state index in [2.05, 4.69) is 15.5 Å². The SMILES string of the molecule is Cn1c(SCC(=O)NCc2ccc(C(=O)O)cc2)nnc1-c1ccccc1. The van der Waals surface area contributed by atoms with Gasteiger partial charge in [0.2, 0.25) is 5.91 Å². The van der Waals surface area contributed by atoms with Crippen molar-refractivity contribution >= 4 is 23.6 Å². The summed E-state index contributed by atoms with van der Waals surface area (Å²) < 4.78 is 1.86. The summed E-state index contributed by atoms with van der Waals surface area (Å²) in [6.07, 6.45) is 0. The number of carboxylic acids is 1. The number of thioether (sulfide) groups is 1. The van der Waals surface area contributed by atoms with Crippen molar-refractivity contribution in [2.24, 2.45) is 7.05 Å². The Hall–Kier alpha value is -3.13. The van der Waals surface area contributed by atoms with Crippen molar-refractivity contribution in [3.8, 4) is 11.4 Å². The molecule has 3 rings (SSSR count). The van der Waals surface area contributed by atoms with Gasteiger partial charge in [-0.15, -0.1) is 10.2 Å². The largest absolute Gasteiger partial charge is 0.478 e. The van der Waals surface area contributed by atoms with Crippen LogP contribution < -0.4 is 5.32 Å². The number of rotatable bonds is 7.